The monoisotopic (exact) mass is 426 g/mol. The summed E-state index contributed by atoms with van der Waals surface area (Å²) in [6.45, 7) is 2.73. The van der Waals surface area contributed by atoms with Crippen LogP contribution in [-0.4, -0.2) is 19.8 Å². The summed E-state index contributed by atoms with van der Waals surface area (Å²) in [5.41, 5.74) is 2.13. The second kappa shape index (κ2) is 8.19. The molecule has 164 valence electrons. The van der Waals surface area contributed by atoms with Crippen LogP contribution in [-0.2, 0) is 17.7 Å². The molecule has 0 saturated heterocycles. The molecule has 0 atom stereocenters. The van der Waals surface area contributed by atoms with Crippen molar-refractivity contribution in [3.63, 3.8) is 0 Å². The molecule has 1 aliphatic rings. The molecule has 4 heteroatoms. The normalized spacial score (nSPS) is 16.3. The number of aromatic nitrogens is 2. The van der Waals surface area contributed by atoms with Crippen molar-refractivity contribution in [3.8, 4) is 0 Å². The Hall–Kier alpha value is -2.95. The van der Waals surface area contributed by atoms with E-state index >= 15 is 0 Å². The maximum Gasteiger partial charge on any atom is 0.173 e. The fourth-order valence-electron chi connectivity index (χ4n) is 5.22. The van der Waals surface area contributed by atoms with Gasteiger partial charge in [0, 0.05) is 6.54 Å². The third-order valence-corrected chi connectivity index (χ3v) is 6.99. The SMILES string of the molecule is CCn1c(C(O)(c2ccccc2)c2ccccc2)nc2ccc(C3(O)CCCCC3)cc21. The van der Waals surface area contributed by atoms with Crippen molar-refractivity contribution in [2.24, 2.45) is 0 Å². The summed E-state index contributed by atoms with van der Waals surface area (Å²) in [5, 5.41) is 23.6. The molecule has 1 aliphatic carbocycles. The number of rotatable bonds is 5. The van der Waals surface area contributed by atoms with Crippen molar-refractivity contribution in [2.75, 3.05) is 0 Å². The summed E-state index contributed by atoms with van der Waals surface area (Å²) < 4.78 is 2.09. The molecule has 3 aromatic carbocycles. The van der Waals surface area contributed by atoms with E-state index in [0.717, 1.165) is 53.4 Å². The van der Waals surface area contributed by atoms with Crippen LogP contribution < -0.4 is 0 Å². The van der Waals surface area contributed by atoms with Crippen molar-refractivity contribution < 1.29 is 10.2 Å². The fourth-order valence-corrected chi connectivity index (χ4v) is 5.22. The van der Waals surface area contributed by atoms with E-state index in [0.29, 0.717) is 12.4 Å². The first-order valence-corrected chi connectivity index (χ1v) is 11.6. The second-order valence-corrected chi connectivity index (χ2v) is 8.92. The van der Waals surface area contributed by atoms with E-state index in [-0.39, 0.29) is 0 Å². The number of imidazole rings is 1. The number of fused-ring (bicyclic) bond motifs is 1. The Bertz CT molecular complexity index is 1170. The van der Waals surface area contributed by atoms with Crippen LogP contribution in [0.15, 0.2) is 78.9 Å². The van der Waals surface area contributed by atoms with Gasteiger partial charge in [-0.2, -0.15) is 0 Å². The third-order valence-electron chi connectivity index (χ3n) is 6.99. The average molecular weight is 427 g/mol. The molecule has 0 unspecified atom stereocenters. The van der Waals surface area contributed by atoms with Crippen LogP contribution in [0.25, 0.3) is 11.0 Å². The molecular weight excluding hydrogens is 396 g/mol. The van der Waals surface area contributed by atoms with E-state index in [2.05, 4.69) is 17.6 Å². The van der Waals surface area contributed by atoms with Crippen LogP contribution in [0.5, 0.6) is 0 Å². The summed E-state index contributed by atoms with van der Waals surface area (Å²) in [4.78, 5) is 4.95. The summed E-state index contributed by atoms with van der Waals surface area (Å²) in [6.07, 6.45) is 4.87. The number of nitrogens with zero attached hydrogens (tertiary/aromatic N) is 2. The lowest BCUT2D eigenvalue weighted by molar-refractivity contribution is -0.000530. The van der Waals surface area contributed by atoms with Crippen LogP contribution >= 0.6 is 0 Å². The van der Waals surface area contributed by atoms with Crippen molar-refractivity contribution in [2.45, 2.75) is 56.8 Å². The van der Waals surface area contributed by atoms with Crippen LogP contribution in [0.1, 0.15) is 61.5 Å². The minimum atomic E-state index is -1.39. The van der Waals surface area contributed by atoms with Crippen molar-refractivity contribution in [1.29, 1.82) is 0 Å². The van der Waals surface area contributed by atoms with Crippen molar-refractivity contribution >= 4 is 11.0 Å². The lowest BCUT2D eigenvalue weighted by Gasteiger charge is -2.32. The molecule has 5 rings (SSSR count). The minimum Gasteiger partial charge on any atom is -0.385 e. The molecule has 0 aliphatic heterocycles. The molecular formula is C28H30N2O2. The van der Waals surface area contributed by atoms with Gasteiger partial charge >= 0.3 is 0 Å². The molecule has 1 saturated carbocycles. The highest BCUT2D eigenvalue weighted by Gasteiger charge is 2.39. The third kappa shape index (κ3) is 3.35. The van der Waals surface area contributed by atoms with Gasteiger partial charge in [0.1, 0.15) is 0 Å². The smallest absolute Gasteiger partial charge is 0.173 e. The highest BCUT2D eigenvalue weighted by atomic mass is 16.3. The van der Waals surface area contributed by atoms with E-state index < -0.39 is 11.2 Å². The molecule has 2 N–H and O–H groups in total. The van der Waals surface area contributed by atoms with Gasteiger partial charge in [0.2, 0.25) is 0 Å². The highest BCUT2D eigenvalue weighted by molar-refractivity contribution is 5.78. The maximum atomic E-state index is 12.3. The van der Waals surface area contributed by atoms with Crippen molar-refractivity contribution in [1.82, 2.24) is 9.55 Å². The van der Waals surface area contributed by atoms with E-state index in [1.165, 1.54) is 6.42 Å². The molecule has 32 heavy (non-hydrogen) atoms. The molecule has 0 spiro atoms. The Morgan fingerprint density at radius 3 is 2.03 bits per heavy atom. The number of aryl methyl sites for hydroxylation is 1. The standard InChI is InChI=1S/C28H30N2O2/c1-2-30-25-20-23(27(31)18-10-5-11-19-27)16-17-24(25)29-26(30)28(32,21-12-6-3-7-13-21)22-14-8-4-9-15-22/h3-4,6-9,12-17,20,31-32H,2,5,10-11,18-19H2,1H3. The molecule has 1 aromatic heterocycles. The summed E-state index contributed by atoms with van der Waals surface area (Å²) in [7, 11) is 0. The second-order valence-electron chi connectivity index (χ2n) is 8.92. The van der Waals surface area contributed by atoms with Crippen LogP contribution in [0.3, 0.4) is 0 Å². The molecule has 0 amide bonds. The Kier molecular flexibility index (Phi) is 5.36. The molecule has 0 radical (unpaired) electrons. The van der Waals surface area contributed by atoms with Gasteiger partial charge in [-0.25, -0.2) is 4.98 Å². The first kappa shape index (κ1) is 20.9. The van der Waals surface area contributed by atoms with Gasteiger partial charge in [-0.3, -0.25) is 0 Å². The van der Waals surface area contributed by atoms with Gasteiger partial charge in [-0.1, -0.05) is 86.0 Å². The van der Waals surface area contributed by atoms with Gasteiger partial charge in [0.25, 0.3) is 0 Å². The Morgan fingerprint density at radius 2 is 1.47 bits per heavy atom. The zero-order chi connectivity index (χ0) is 22.2. The zero-order valence-corrected chi connectivity index (χ0v) is 18.5. The van der Waals surface area contributed by atoms with Gasteiger partial charge in [0.05, 0.1) is 16.6 Å². The lowest BCUT2D eigenvalue weighted by Crippen LogP contribution is -2.32. The Balaban J connectivity index is 1.73. The van der Waals surface area contributed by atoms with E-state index in [4.69, 9.17) is 4.98 Å². The topological polar surface area (TPSA) is 58.3 Å². The largest absolute Gasteiger partial charge is 0.385 e. The van der Waals surface area contributed by atoms with Crippen LogP contribution in [0.4, 0.5) is 0 Å². The fraction of sp³-hybridized carbons (Fsp3) is 0.321. The van der Waals surface area contributed by atoms with E-state index in [9.17, 15) is 10.2 Å². The predicted octanol–water partition coefficient (Wildman–Crippen LogP) is 5.49. The number of hydrogen-bond acceptors (Lipinski definition) is 3. The minimum absolute atomic E-state index is 0.597. The quantitative estimate of drug-likeness (QED) is 0.443. The summed E-state index contributed by atoms with van der Waals surface area (Å²) in [5.74, 6) is 0.597. The van der Waals surface area contributed by atoms with E-state index in [1.807, 2.05) is 72.8 Å². The van der Waals surface area contributed by atoms with Crippen molar-refractivity contribution in [3.05, 3.63) is 101 Å². The van der Waals surface area contributed by atoms with Crippen LogP contribution in [0, 0.1) is 0 Å². The molecule has 1 fully saturated rings. The lowest BCUT2D eigenvalue weighted by atomic mass is 9.79. The first-order chi connectivity index (χ1) is 15.6. The van der Waals surface area contributed by atoms with Gasteiger partial charge in [-0.15, -0.1) is 0 Å². The van der Waals surface area contributed by atoms with Crippen LogP contribution in [0.2, 0.25) is 0 Å². The molecule has 4 nitrogen and oxygen atoms in total. The maximum absolute atomic E-state index is 12.3. The molecule has 0 bridgehead atoms. The Labute approximate surface area is 189 Å². The Morgan fingerprint density at radius 1 is 0.875 bits per heavy atom. The van der Waals surface area contributed by atoms with Gasteiger partial charge < -0.3 is 14.8 Å². The predicted molar refractivity (Wildman–Crippen MR) is 127 cm³/mol. The van der Waals surface area contributed by atoms with Gasteiger partial charge in [-0.05, 0) is 48.6 Å². The number of benzene rings is 3. The highest BCUT2D eigenvalue weighted by Crippen LogP contribution is 2.40. The number of aliphatic hydroxyl groups is 2. The zero-order valence-electron chi connectivity index (χ0n) is 18.5. The average Bonchev–Trinajstić information content (AvgIpc) is 3.23. The molecule has 4 aromatic rings. The molecule has 1 heterocycles. The summed E-state index contributed by atoms with van der Waals surface area (Å²) >= 11 is 0. The first-order valence-electron chi connectivity index (χ1n) is 11.6. The van der Waals surface area contributed by atoms with E-state index in [1.54, 1.807) is 0 Å². The number of hydrogen-bond donors (Lipinski definition) is 2. The summed E-state index contributed by atoms with van der Waals surface area (Å²) in [6, 6.07) is 25.5. The van der Waals surface area contributed by atoms with Gasteiger partial charge in [0.15, 0.2) is 11.4 Å².